The first-order valence-electron chi connectivity index (χ1n) is 15.6. The molecule has 7 rings (SSSR count). The Labute approximate surface area is 266 Å². The van der Waals surface area contributed by atoms with Crippen LogP contribution in [0.4, 0.5) is 37.5 Å². The number of anilines is 5. The summed E-state index contributed by atoms with van der Waals surface area (Å²) < 4.78 is 39.2. The van der Waals surface area contributed by atoms with Crippen molar-refractivity contribution in [1.29, 1.82) is 0 Å². The summed E-state index contributed by atoms with van der Waals surface area (Å²) in [6.07, 6.45) is 6.77. The van der Waals surface area contributed by atoms with Gasteiger partial charge in [-0.2, -0.15) is 0 Å². The fraction of sp³-hybridized carbons (Fsp3) is 0.424. The molecule has 5 heterocycles. The Balaban J connectivity index is 1.12. The van der Waals surface area contributed by atoms with Gasteiger partial charge in [-0.1, -0.05) is 12.6 Å². The standard InChI is InChI=1S/C33H37F2N7O4/c1-3-33(43)39-26-14-27(30(44-2)15-29(26)40-9-6-21(7-10-40)41-17-23-13-22(41)18-45-23)38-31-16-32(37-19-36-31)42-28(8-11-46-42)20-4-5-24(34)25(35)12-20/h3-5,12,14-16,19,21-23,28H,1,6-11,13,17-18H2,2H3,(H,39,43)(H,36,37,38)/t22-,23-,28+/m0/s1. The Bertz CT molecular complexity index is 1620. The molecule has 2 bridgehead atoms. The van der Waals surface area contributed by atoms with Gasteiger partial charge in [0.25, 0.3) is 0 Å². The maximum Gasteiger partial charge on any atom is 0.247 e. The van der Waals surface area contributed by atoms with Crippen LogP contribution in [0.1, 0.15) is 37.3 Å². The number of morpholine rings is 1. The Kier molecular flexibility index (Phi) is 8.45. The number of rotatable bonds is 9. The maximum atomic E-state index is 14.0. The van der Waals surface area contributed by atoms with Gasteiger partial charge in [0.15, 0.2) is 17.5 Å². The van der Waals surface area contributed by atoms with Crippen LogP contribution in [0, 0.1) is 11.6 Å². The molecule has 242 valence electrons. The number of likely N-dealkylation sites (tertiary alicyclic amines) is 1. The van der Waals surface area contributed by atoms with Crippen molar-refractivity contribution in [3.63, 3.8) is 0 Å². The average molecular weight is 634 g/mol. The number of amides is 1. The number of methoxy groups -OCH3 is 1. The van der Waals surface area contributed by atoms with E-state index in [0.717, 1.165) is 57.3 Å². The molecule has 13 heteroatoms. The molecule has 3 atom stereocenters. The highest BCUT2D eigenvalue weighted by atomic mass is 19.2. The Morgan fingerprint density at radius 3 is 2.63 bits per heavy atom. The van der Waals surface area contributed by atoms with E-state index in [2.05, 4.69) is 37.0 Å². The highest BCUT2D eigenvalue weighted by Gasteiger charge is 2.42. The van der Waals surface area contributed by atoms with E-state index in [1.807, 2.05) is 12.1 Å². The number of benzene rings is 2. The molecule has 1 amide bonds. The lowest BCUT2D eigenvalue weighted by Crippen LogP contribution is -2.49. The zero-order chi connectivity index (χ0) is 31.8. The lowest BCUT2D eigenvalue weighted by molar-refractivity contribution is -0.111. The van der Waals surface area contributed by atoms with E-state index in [1.165, 1.54) is 18.5 Å². The summed E-state index contributed by atoms with van der Waals surface area (Å²) in [4.78, 5) is 32.0. The number of nitrogens with zero attached hydrogens (tertiary/aromatic N) is 5. The number of nitrogens with one attached hydrogen (secondary N) is 2. The number of carbonyl (C=O) groups is 1. The van der Waals surface area contributed by atoms with Crippen molar-refractivity contribution in [2.75, 3.05) is 60.6 Å². The van der Waals surface area contributed by atoms with Crippen molar-refractivity contribution in [3.05, 3.63) is 72.6 Å². The van der Waals surface area contributed by atoms with Crippen LogP contribution in [-0.4, -0.2) is 78.9 Å². The predicted molar refractivity (Wildman–Crippen MR) is 169 cm³/mol. The number of halogens is 2. The molecule has 4 aliphatic rings. The van der Waals surface area contributed by atoms with E-state index in [0.29, 0.717) is 65.5 Å². The van der Waals surface area contributed by atoms with E-state index in [4.69, 9.17) is 14.3 Å². The van der Waals surface area contributed by atoms with Crippen molar-refractivity contribution in [2.24, 2.45) is 0 Å². The maximum absolute atomic E-state index is 14.0. The van der Waals surface area contributed by atoms with Gasteiger partial charge in [0, 0.05) is 50.3 Å². The van der Waals surface area contributed by atoms with Gasteiger partial charge < -0.3 is 25.0 Å². The van der Waals surface area contributed by atoms with Crippen LogP contribution in [0.5, 0.6) is 5.75 Å². The number of carbonyl (C=O) groups excluding carboxylic acids is 1. The topological polar surface area (TPSA) is 104 Å². The molecule has 0 radical (unpaired) electrons. The van der Waals surface area contributed by atoms with Gasteiger partial charge >= 0.3 is 0 Å². The molecule has 0 spiro atoms. The molecule has 2 N–H and O–H groups in total. The van der Waals surface area contributed by atoms with E-state index >= 15 is 0 Å². The molecule has 11 nitrogen and oxygen atoms in total. The quantitative estimate of drug-likeness (QED) is 0.315. The molecule has 4 aliphatic heterocycles. The summed E-state index contributed by atoms with van der Waals surface area (Å²) in [6.45, 7) is 7.56. The highest BCUT2D eigenvalue weighted by Crippen LogP contribution is 2.41. The molecular weight excluding hydrogens is 596 g/mol. The molecule has 2 aromatic carbocycles. The third kappa shape index (κ3) is 5.97. The van der Waals surface area contributed by atoms with E-state index < -0.39 is 11.6 Å². The fourth-order valence-electron chi connectivity index (χ4n) is 7.09. The first-order valence-corrected chi connectivity index (χ1v) is 15.6. The van der Waals surface area contributed by atoms with Gasteiger partial charge in [0.2, 0.25) is 5.91 Å². The van der Waals surface area contributed by atoms with Crippen LogP contribution in [0.15, 0.2) is 55.4 Å². The van der Waals surface area contributed by atoms with Gasteiger partial charge in [-0.05, 0) is 49.1 Å². The Morgan fingerprint density at radius 2 is 1.91 bits per heavy atom. The first kappa shape index (κ1) is 30.3. The second-order valence-corrected chi connectivity index (χ2v) is 12.0. The van der Waals surface area contributed by atoms with Crippen LogP contribution >= 0.6 is 0 Å². The van der Waals surface area contributed by atoms with Gasteiger partial charge in [-0.15, -0.1) is 0 Å². The molecule has 0 aliphatic carbocycles. The number of hydrogen-bond donors (Lipinski definition) is 2. The SMILES string of the molecule is C=CC(=O)Nc1cc(Nc2cc(N3OCC[C@@H]3c3ccc(F)c(F)c3)ncn2)c(OC)cc1N1CCC(N2C[C@@H]3C[C@H]2CO3)CC1. The van der Waals surface area contributed by atoms with Gasteiger partial charge in [-0.3, -0.25) is 14.5 Å². The Morgan fingerprint density at radius 1 is 1.07 bits per heavy atom. The Hall–Kier alpha value is -4.33. The minimum absolute atomic E-state index is 0.320. The molecule has 0 saturated carbocycles. The molecule has 46 heavy (non-hydrogen) atoms. The molecule has 4 saturated heterocycles. The van der Waals surface area contributed by atoms with Crippen LogP contribution in [0.2, 0.25) is 0 Å². The number of hydroxylamine groups is 1. The molecule has 3 aromatic rings. The minimum Gasteiger partial charge on any atom is -0.494 e. The van der Waals surface area contributed by atoms with Crippen molar-refractivity contribution in [1.82, 2.24) is 14.9 Å². The molecular formula is C33H37F2N7O4. The third-order valence-corrected chi connectivity index (χ3v) is 9.35. The smallest absolute Gasteiger partial charge is 0.247 e. The zero-order valence-electron chi connectivity index (χ0n) is 25.6. The summed E-state index contributed by atoms with van der Waals surface area (Å²) >= 11 is 0. The summed E-state index contributed by atoms with van der Waals surface area (Å²) in [7, 11) is 1.60. The number of fused-ring (bicyclic) bond motifs is 2. The van der Waals surface area contributed by atoms with Crippen LogP contribution in [0.3, 0.4) is 0 Å². The third-order valence-electron chi connectivity index (χ3n) is 9.35. The largest absolute Gasteiger partial charge is 0.494 e. The summed E-state index contributed by atoms with van der Waals surface area (Å²) in [5.74, 6) is -0.677. The van der Waals surface area contributed by atoms with Crippen LogP contribution < -0.4 is 25.3 Å². The number of aromatic nitrogens is 2. The number of ether oxygens (including phenoxy) is 2. The minimum atomic E-state index is -0.915. The monoisotopic (exact) mass is 633 g/mol. The summed E-state index contributed by atoms with van der Waals surface area (Å²) in [6, 6.07) is 10.0. The molecule has 4 fully saturated rings. The second kappa shape index (κ2) is 12.8. The number of piperidine rings is 1. The summed E-state index contributed by atoms with van der Waals surface area (Å²) in [5.41, 5.74) is 2.65. The van der Waals surface area contributed by atoms with Crippen molar-refractivity contribution in [3.8, 4) is 5.75 Å². The van der Waals surface area contributed by atoms with E-state index in [1.54, 1.807) is 24.3 Å². The zero-order valence-corrected chi connectivity index (χ0v) is 25.6. The van der Waals surface area contributed by atoms with E-state index in [9.17, 15) is 13.6 Å². The second-order valence-electron chi connectivity index (χ2n) is 12.0. The lowest BCUT2D eigenvalue weighted by Gasteiger charge is -2.41. The average Bonchev–Trinajstić information content (AvgIpc) is 3.85. The predicted octanol–water partition coefficient (Wildman–Crippen LogP) is 4.96. The number of hydrogen-bond acceptors (Lipinski definition) is 10. The fourth-order valence-corrected chi connectivity index (χ4v) is 7.09. The van der Waals surface area contributed by atoms with Gasteiger partial charge in [-0.25, -0.2) is 23.8 Å². The van der Waals surface area contributed by atoms with Crippen molar-refractivity contribution in [2.45, 2.75) is 49.9 Å². The lowest BCUT2D eigenvalue weighted by atomic mass is 10.0. The highest BCUT2D eigenvalue weighted by molar-refractivity contribution is 6.02. The van der Waals surface area contributed by atoms with Crippen LogP contribution in [0.25, 0.3) is 0 Å². The van der Waals surface area contributed by atoms with Crippen LogP contribution in [-0.2, 0) is 14.4 Å². The molecule has 1 aromatic heterocycles. The van der Waals surface area contributed by atoms with Gasteiger partial charge in [0.1, 0.15) is 17.9 Å². The molecule has 0 unspecified atom stereocenters. The van der Waals surface area contributed by atoms with Crippen molar-refractivity contribution < 1.29 is 27.9 Å². The van der Waals surface area contributed by atoms with E-state index in [-0.39, 0.29) is 11.9 Å². The van der Waals surface area contributed by atoms with Gasteiger partial charge in [0.05, 0.1) is 49.5 Å². The first-order chi connectivity index (χ1) is 22.4. The normalized spacial score (nSPS) is 23.2. The summed E-state index contributed by atoms with van der Waals surface area (Å²) in [5, 5.41) is 7.85. The van der Waals surface area contributed by atoms with Crippen molar-refractivity contribution >= 4 is 34.6 Å².